The van der Waals surface area contributed by atoms with Crippen LogP contribution in [0, 0.1) is 13.8 Å². The largest absolute Gasteiger partial charge is 0.497 e. The van der Waals surface area contributed by atoms with Gasteiger partial charge in [0.25, 0.3) is 0 Å². The van der Waals surface area contributed by atoms with Crippen molar-refractivity contribution in [2.45, 2.75) is 27.2 Å². The fourth-order valence-electron chi connectivity index (χ4n) is 1.47. The number of anilines is 1. The number of methoxy groups -OCH3 is 1. The summed E-state index contributed by atoms with van der Waals surface area (Å²) in [6.07, 6.45) is 0.491. The van der Waals surface area contributed by atoms with Gasteiger partial charge in [0.2, 0.25) is 5.91 Å². The SMILES string of the molecule is CCC(=O)Nc1c(C)cc(OC)cc1C.[Y]. The molecule has 0 atom stereocenters. The predicted molar refractivity (Wildman–Crippen MR) is 61.4 cm³/mol. The first-order valence-electron chi connectivity index (χ1n) is 5.03. The quantitative estimate of drug-likeness (QED) is 0.931. The molecule has 1 aromatic rings. The number of hydrogen-bond donors (Lipinski definition) is 1. The molecule has 4 heteroatoms. The Bertz CT molecular complexity index is 354. The fraction of sp³-hybridized carbons (Fsp3) is 0.417. The fourth-order valence-corrected chi connectivity index (χ4v) is 1.47. The Morgan fingerprint density at radius 2 is 1.81 bits per heavy atom. The summed E-state index contributed by atoms with van der Waals surface area (Å²) in [7, 11) is 1.64. The van der Waals surface area contributed by atoms with Crippen molar-refractivity contribution in [3.05, 3.63) is 23.3 Å². The van der Waals surface area contributed by atoms with Gasteiger partial charge in [-0.1, -0.05) is 6.92 Å². The number of hydrogen-bond acceptors (Lipinski definition) is 2. The van der Waals surface area contributed by atoms with E-state index in [1.165, 1.54) is 0 Å². The summed E-state index contributed by atoms with van der Waals surface area (Å²) < 4.78 is 5.15. The van der Waals surface area contributed by atoms with Gasteiger partial charge < -0.3 is 10.1 Å². The molecule has 0 unspecified atom stereocenters. The van der Waals surface area contributed by atoms with Crippen LogP contribution < -0.4 is 10.1 Å². The minimum Gasteiger partial charge on any atom is -0.497 e. The number of carbonyl (C=O) groups excluding carboxylic acids is 1. The zero-order valence-corrected chi connectivity index (χ0v) is 13.1. The maximum Gasteiger partial charge on any atom is 0.224 e. The summed E-state index contributed by atoms with van der Waals surface area (Å²) in [6.45, 7) is 5.76. The van der Waals surface area contributed by atoms with Crippen molar-refractivity contribution in [2.24, 2.45) is 0 Å². The molecular formula is C12H17NO2Y. The van der Waals surface area contributed by atoms with E-state index in [2.05, 4.69) is 5.32 Å². The van der Waals surface area contributed by atoms with Gasteiger partial charge in [0, 0.05) is 44.8 Å². The van der Waals surface area contributed by atoms with Crippen LogP contribution in [-0.2, 0) is 37.5 Å². The molecule has 0 aliphatic carbocycles. The van der Waals surface area contributed by atoms with Crippen LogP contribution in [0.25, 0.3) is 0 Å². The summed E-state index contributed by atoms with van der Waals surface area (Å²) in [5.74, 6) is 0.853. The van der Waals surface area contributed by atoms with E-state index in [1.807, 2.05) is 32.9 Å². The van der Waals surface area contributed by atoms with Crippen LogP contribution >= 0.6 is 0 Å². The van der Waals surface area contributed by atoms with Crippen molar-refractivity contribution in [1.82, 2.24) is 0 Å². The summed E-state index contributed by atoms with van der Waals surface area (Å²) in [6, 6.07) is 3.83. The minimum atomic E-state index is 0. The third kappa shape index (κ3) is 3.87. The van der Waals surface area contributed by atoms with E-state index in [0.29, 0.717) is 6.42 Å². The molecule has 0 aromatic heterocycles. The summed E-state index contributed by atoms with van der Waals surface area (Å²) >= 11 is 0. The van der Waals surface area contributed by atoms with Gasteiger partial charge in [-0.15, -0.1) is 0 Å². The van der Waals surface area contributed by atoms with Gasteiger partial charge in [0.05, 0.1) is 7.11 Å². The Labute approximate surface area is 122 Å². The maximum absolute atomic E-state index is 11.3. The molecule has 0 aliphatic rings. The van der Waals surface area contributed by atoms with Gasteiger partial charge in [-0.25, -0.2) is 0 Å². The molecule has 0 saturated carbocycles. The molecule has 1 rings (SSSR count). The van der Waals surface area contributed by atoms with E-state index in [1.54, 1.807) is 7.11 Å². The molecule has 1 amide bonds. The Kier molecular flexibility index (Phi) is 6.85. The standard InChI is InChI=1S/C12H17NO2.Y/c1-5-11(14)13-12-8(2)6-10(15-4)7-9(12)3;/h6-7H,5H2,1-4H3,(H,13,14);. The first-order chi connectivity index (χ1) is 7.08. The summed E-state index contributed by atoms with van der Waals surface area (Å²) in [4.78, 5) is 11.3. The van der Waals surface area contributed by atoms with Crippen molar-refractivity contribution in [3.8, 4) is 5.75 Å². The molecule has 0 saturated heterocycles. The topological polar surface area (TPSA) is 38.3 Å². The average molecular weight is 296 g/mol. The predicted octanol–water partition coefficient (Wildman–Crippen LogP) is 2.66. The second kappa shape index (κ2) is 7.02. The second-order valence-electron chi connectivity index (χ2n) is 3.54. The number of amides is 1. The van der Waals surface area contributed by atoms with E-state index < -0.39 is 0 Å². The first-order valence-corrected chi connectivity index (χ1v) is 5.03. The molecule has 1 radical (unpaired) electrons. The van der Waals surface area contributed by atoms with Crippen molar-refractivity contribution in [2.75, 3.05) is 12.4 Å². The second-order valence-corrected chi connectivity index (χ2v) is 3.54. The van der Waals surface area contributed by atoms with Crippen molar-refractivity contribution >= 4 is 11.6 Å². The molecule has 85 valence electrons. The van der Waals surface area contributed by atoms with E-state index in [4.69, 9.17) is 4.74 Å². The van der Waals surface area contributed by atoms with Crippen LogP contribution in [0.2, 0.25) is 0 Å². The number of nitrogens with one attached hydrogen (secondary N) is 1. The van der Waals surface area contributed by atoms with Gasteiger partial charge in [-0.3, -0.25) is 4.79 Å². The molecule has 0 bridgehead atoms. The number of ether oxygens (including phenoxy) is 1. The number of rotatable bonds is 3. The number of carbonyl (C=O) groups is 1. The van der Waals surface area contributed by atoms with Gasteiger partial charge >= 0.3 is 0 Å². The Morgan fingerprint density at radius 3 is 2.19 bits per heavy atom. The van der Waals surface area contributed by atoms with Crippen LogP contribution in [0.15, 0.2) is 12.1 Å². The monoisotopic (exact) mass is 296 g/mol. The van der Waals surface area contributed by atoms with Crippen LogP contribution in [0.4, 0.5) is 5.69 Å². The molecule has 0 heterocycles. The smallest absolute Gasteiger partial charge is 0.224 e. The van der Waals surface area contributed by atoms with Crippen molar-refractivity contribution in [3.63, 3.8) is 0 Å². The van der Waals surface area contributed by atoms with Crippen LogP contribution in [-0.4, -0.2) is 13.0 Å². The van der Waals surface area contributed by atoms with Crippen LogP contribution in [0.3, 0.4) is 0 Å². The normalized spacial score (nSPS) is 9.25. The van der Waals surface area contributed by atoms with E-state index in [0.717, 1.165) is 22.6 Å². The van der Waals surface area contributed by atoms with Gasteiger partial charge in [-0.05, 0) is 37.1 Å². The Morgan fingerprint density at radius 1 is 1.31 bits per heavy atom. The zero-order valence-electron chi connectivity index (χ0n) is 10.3. The maximum atomic E-state index is 11.3. The zero-order chi connectivity index (χ0) is 11.4. The van der Waals surface area contributed by atoms with Crippen LogP contribution in [0.1, 0.15) is 24.5 Å². The minimum absolute atomic E-state index is 0. The average Bonchev–Trinajstić information content (AvgIpc) is 2.22. The van der Waals surface area contributed by atoms with Crippen molar-refractivity contribution in [1.29, 1.82) is 0 Å². The van der Waals surface area contributed by atoms with E-state index in [9.17, 15) is 4.79 Å². The number of aryl methyl sites for hydroxylation is 2. The molecule has 1 N–H and O–H groups in total. The molecular weight excluding hydrogens is 279 g/mol. The summed E-state index contributed by atoms with van der Waals surface area (Å²) in [5.41, 5.74) is 2.94. The van der Waals surface area contributed by atoms with Gasteiger partial charge in [0.1, 0.15) is 5.75 Å². The Hall–Kier alpha value is -0.406. The van der Waals surface area contributed by atoms with E-state index >= 15 is 0 Å². The van der Waals surface area contributed by atoms with Crippen LogP contribution in [0.5, 0.6) is 5.75 Å². The number of benzene rings is 1. The van der Waals surface area contributed by atoms with Gasteiger partial charge in [0.15, 0.2) is 0 Å². The first kappa shape index (κ1) is 15.6. The molecule has 0 fully saturated rings. The van der Waals surface area contributed by atoms with Gasteiger partial charge in [-0.2, -0.15) is 0 Å². The molecule has 3 nitrogen and oxygen atoms in total. The molecule has 0 aliphatic heterocycles. The molecule has 16 heavy (non-hydrogen) atoms. The third-order valence-corrected chi connectivity index (χ3v) is 2.33. The molecule has 1 aromatic carbocycles. The molecule has 0 spiro atoms. The third-order valence-electron chi connectivity index (χ3n) is 2.33. The van der Waals surface area contributed by atoms with E-state index in [-0.39, 0.29) is 38.6 Å². The van der Waals surface area contributed by atoms with Crippen molar-refractivity contribution < 1.29 is 42.2 Å². The Balaban J connectivity index is 0.00000225. The summed E-state index contributed by atoms with van der Waals surface area (Å²) in [5, 5.41) is 2.88.